The molecule has 9 nitrogen and oxygen atoms in total. The normalized spacial score (nSPS) is 20.7. The maximum absolute atomic E-state index is 12.6. The third-order valence-corrected chi connectivity index (χ3v) is 5.06. The lowest BCUT2D eigenvalue weighted by Crippen LogP contribution is -2.39. The summed E-state index contributed by atoms with van der Waals surface area (Å²) in [5, 5.41) is 21.4. The molecule has 1 N–H and O–H groups in total. The van der Waals surface area contributed by atoms with Gasteiger partial charge in [-0.1, -0.05) is 12.1 Å². The van der Waals surface area contributed by atoms with Gasteiger partial charge in [-0.3, -0.25) is 24.6 Å². The Bertz CT molecular complexity index is 816. The van der Waals surface area contributed by atoms with Crippen molar-refractivity contribution in [3.05, 3.63) is 51.3 Å². The molecule has 2 aliphatic heterocycles. The van der Waals surface area contributed by atoms with Crippen molar-refractivity contribution in [3.63, 3.8) is 0 Å². The Hall–Kier alpha value is -2.78. The molecule has 1 aromatic carbocycles. The largest absolute Gasteiger partial charge is 0.503 e. The van der Waals surface area contributed by atoms with Crippen LogP contribution in [0.3, 0.4) is 0 Å². The summed E-state index contributed by atoms with van der Waals surface area (Å²) >= 11 is 0. The molecule has 0 saturated carbocycles. The first-order chi connectivity index (χ1) is 13.4. The average Bonchev–Trinajstić information content (AvgIpc) is 2.94. The van der Waals surface area contributed by atoms with Crippen molar-refractivity contribution in [1.29, 1.82) is 0 Å². The van der Waals surface area contributed by atoms with Gasteiger partial charge in [-0.25, -0.2) is 0 Å². The molecule has 150 valence electrons. The number of nitrogens with zero attached hydrogens (tertiary/aromatic N) is 3. The zero-order chi connectivity index (χ0) is 20.3. The number of benzene rings is 1. The topological polar surface area (TPSA) is 113 Å². The number of aliphatic hydroxyl groups excluding tert-OH is 1. The van der Waals surface area contributed by atoms with E-state index >= 15 is 0 Å². The molecule has 2 heterocycles. The summed E-state index contributed by atoms with van der Waals surface area (Å²) < 4.78 is 5.32. The molecule has 0 radical (unpaired) electrons. The van der Waals surface area contributed by atoms with E-state index in [0.29, 0.717) is 31.7 Å². The highest BCUT2D eigenvalue weighted by Gasteiger charge is 2.42. The fourth-order valence-corrected chi connectivity index (χ4v) is 3.69. The van der Waals surface area contributed by atoms with Crippen molar-refractivity contribution in [2.75, 3.05) is 39.4 Å². The molecular weight excluding hydrogens is 366 g/mol. The fraction of sp³-hybridized carbons (Fsp3) is 0.474. The molecule has 0 spiro atoms. The minimum absolute atomic E-state index is 0.0168. The lowest BCUT2D eigenvalue weighted by Gasteiger charge is -2.29. The minimum Gasteiger partial charge on any atom is -0.503 e. The maximum Gasteiger partial charge on any atom is 0.290 e. The van der Waals surface area contributed by atoms with Gasteiger partial charge in [0, 0.05) is 38.3 Å². The van der Waals surface area contributed by atoms with Gasteiger partial charge in [0.15, 0.2) is 11.5 Å². The summed E-state index contributed by atoms with van der Waals surface area (Å²) in [5.41, 5.74) is 0.285. The van der Waals surface area contributed by atoms with Gasteiger partial charge in [-0.05, 0) is 18.9 Å². The molecule has 1 aromatic rings. The van der Waals surface area contributed by atoms with E-state index in [1.807, 2.05) is 0 Å². The molecule has 3 rings (SSSR count). The Morgan fingerprint density at radius 3 is 2.68 bits per heavy atom. The second-order valence-corrected chi connectivity index (χ2v) is 6.88. The molecule has 2 aliphatic rings. The van der Waals surface area contributed by atoms with Crippen molar-refractivity contribution >= 4 is 17.4 Å². The number of ketones is 1. The van der Waals surface area contributed by atoms with Crippen molar-refractivity contribution in [2.45, 2.75) is 19.4 Å². The van der Waals surface area contributed by atoms with Gasteiger partial charge >= 0.3 is 0 Å². The van der Waals surface area contributed by atoms with E-state index < -0.39 is 28.4 Å². The number of aliphatic hydroxyl groups is 1. The minimum atomic E-state index is -0.824. The van der Waals surface area contributed by atoms with Crippen LogP contribution in [-0.4, -0.2) is 70.9 Å². The van der Waals surface area contributed by atoms with Crippen molar-refractivity contribution in [1.82, 2.24) is 9.80 Å². The number of nitro benzene ring substituents is 1. The van der Waals surface area contributed by atoms with E-state index in [2.05, 4.69) is 4.90 Å². The highest BCUT2D eigenvalue weighted by molar-refractivity contribution is 6.08. The van der Waals surface area contributed by atoms with Crippen LogP contribution in [0.5, 0.6) is 0 Å². The van der Waals surface area contributed by atoms with Crippen LogP contribution in [0.2, 0.25) is 0 Å². The van der Waals surface area contributed by atoms with Crippen LogP contribution < -0.4 is 0 Å². The van der Waals surface area contributed by atoms with Crippen LogP contribution in [-0.2, 0) is 14.3 Å². The molecule has 1 fully saturated rings. The third kappa shape index (κ3) is 4.05. The predicted molar refractivity (Wildman–Crippen MR) is 99.8 cm³/mol. The summed E-state index contributed by atoms with van der Waals surface area (Å²) in [7, 11) is 0. The third-order valence-electron chi connectivity index (χ3n) is 5.06. The molecule has 1 saturated heterocycles. The van der Waals surface area contributed by atoms with E-state index in [1.54, 1.807) is 6.07 Å². The van der Waals surface area contributed by atoms with E-state index in [1.165, 1.54) is 30.0 Å². The number of rotatable bonds is 7. The number of non-ortho nitro benzene ring substituents is 1. The number of ether oxygens (including phenoxy) is 1. The second-order valence-electron chi connectivity index (χ2n) is 6.88. The molecule has 28 heavy (non-hydrogen) atoms. The quantitative estimate of drug-likeness (QED) is 0.557. The lowest BCUT2D eigenvalue weighted by atomic mass is 9.96. The smallest absolute Gasteiger partial charge is 0.290 e. The maximum atomic E-state index is 12.6. The van der Waals surface area contributed by atoms with E-state index in [0.717, 1.165) is 19.6 Å². The van der Waals surface area contributed by atoms with Crippen LogP contribution in [0.4, 0.5) is 5.69 Å². The van der Waals surface area contributed by atoms with Crippen molar-refractivity contribution in [2.24, 2.45) is 0 Å². The molecular formula is C19H23N3O6. The number of hydrogen-bond acceptors (Lipinski definition) is 7. The van der Waals surface area contributed by atoms with Gasteiger partial charge in [0.05, 0.1) is 29.8 Å². The summed E-state index contributed by atoms with van der Waals surface area (Å²) in [6.45, 7) is 5.36. The SMILES string of the molecule is CC(=O)C1=C(O)C(=O)N(CCCN2CCOCC2)[C@@H]1c1cccc([N+](=O)[O-])c1. The average molecular weight is 389 g/mol. The summed E-state index contributed by atoms with van der Waals surface area (Å²) in [4.78, 5) is 39.0. The van der Waals surface area contributed by atoms with Crippen LogP contribution in [0, 0.1) is 10.1 Å². The first-order valence-electron chi connectivity index (χ1n) is 9.19. The van der Waals surface area contributed by atoms with Crippen LogP contribution in [0.15, 0.2) is 35.6 Å². The summed E-state index contributed by atoms with van der Waals surface area (Å²) in [5.74, 6) is -1.63. The Labute approximate surface area is 162 Å². The van der Waals surface area contributed by atoms with Crippen LogP contribution >= 0.6 is 0 Å². The van der Waals surface area contributed by atoms with Gasteiger partial charge in [-0.2, -0.15) is 0 Å². The molecule has 0 aliphatic carbocycles. The molecule has 0 bridgehead atoms. The van der Waals surface area contributed by atoms with Gasteiger partial charge < -0.3 is 14.7 Å². The highest BCUT2D eigenvalue weighted by Crippen LogP contribution is 2.38. The van der Waals surface area contributed by atoms with Gasteiger partial charge in [0.1, 0.15) is 0 Å². The Morgan fingerprint density at radius 2 is 2.04 bits per heavy atom. The van der Waals surface area contributed by atoms with E-state index in [-0.39, 0.29) is 11.3 Å². The number of Topliss-reactive ketones (excluding diaryl/α,β-unsaturated/α-hetero) is 1. The van der Waals surface area contributed by atoms with Crippen molar-refractivity contribution in [3.8, 4) is 0 Å². The summed E-state index contributed by atoms with van der Waals surface area (Å²) in [6, 6.07) is 5.00. The van der Waals surface area contributed by atoms with Crippen LogP contribution in [0.25, 0.3) is 0 Å². The Morgan fingerprint density at radius 1 is 1.32 bits per heavy atom. The van der Waals surface area contributed by atoms with E-state index in [9.17, 15) is 24.8 Å². The molecule has 1 amide bonds. The first-order valence-corrected chi connectivity index (χ1v) is 9.19. The highest BCUT2D eigenvalue weighted by atomic mass is 16.6. The Kier molecular flexibility index (Phi) is 6.05. The van der Waals surface area contributed by atoms with Gasteiger partial charge in [-0.15, -0.1) is 0 Å². The predicted octanol–water partition coefficient (Wildman–Crippen LogP) is 1.60. The van der Waals surface area contributed by atoms with Crippen molar-refractivity contribution < 1.29 is 24.4 Å². The number of carbonyl (C=O) groups is 2. The number of hydrogen-bond donors (Lipinski definition) is 1. The monoisotopic (exact) mass is 389 g/mol. The molecule has 9 heteroatoms. The summed E-state index contributed by atoms with van der Waals surface area (Å²) in [6.07, 6.45) is 0.648. The molecule has 1 atom stereocenters. The number of nitro groups is 1. The zero-order valence-corrected chi connectivity index (χ0v) is 15.7. The van der Waals surface area contributed by atoms with Crippen LogP contribution in [0.1, 0.15) is 24.9 Å². The Balaban J connectivity index is 1.83. The van der Waals surface area contributed by atoms with E-state index in [4.69, 9.17) is 4.74 Å². The molecule has 0 aromatic heterocycles. The standard InChI is InChI=1S/C19H23N3O6/c1-13(23)16-17(14-4-2-5-15(12-14)22(26)27)21(19(25)18(16)24)7-3-6-20-8-10-28-11-9-20/h2,4-5,12,17,24H,3,6-11H2,1H3/t17-/m1/s1. The van der Waals surface area contributed by atoms with Gasteiger partial charge in [0.2, 0.25) is 0 Å². The zero-order valence-electron chi connectivity index (χ0n) is 15.7. The molecule has 0 unspecified atom stereocenters. The first kappa shape index (κ1) is 20.0. The lowest BCUT2D eigenvalue weighted by molar-refractivity contribution is -0.384. The second kappa shape index (κ2) is 8.49. The fourth-order valence-electron chi connectivity index (χ4n) is 3.69. The number of amides is 1. The number of carbonyl (C=O) groups excluding carboxylic acids is 2. The number of morpholine rings is 1. The van der Waals surface area contributed by atoms with Gasteiger partial charge in [0.25, 0.3) is 11.6 Å².